The molecule has 0 aliphatic heterocycles. The van der Waals surface area contributed by atoms with Crippen LogP contribution in [0.25, 0.3) is 11.1 Å². The van der Waals surface area contributed by atoms with Crippen molar-refractivity contribution < 1.29 is 8.42 Å². The van der Waals surface area contributed by atoms with E-state index in [1.165, 1.54) is 0 Å². The maximum Gasteiger partial charge on any atom is 0.250 e. The van der Waals surface area contributed by atoms with Gasteiger partial charge in [-0.3, -0.25) is 0 Å². The Labute approximate surface area is 109 Å². The molecule has 17 heavy (non-hydrogen) atoms. The molecule has 0 aromatic heterocycles. The molecule has 0 radical (unpaired) electrons. The molecule has 2 rings (SSSR count). The first-order chi connectivity index (χ1) is 8.15. The SMILES string of the molecule is O=S(=O)(NBr)c1ccccc1-c1ccccc1. The number of halogens is 1. The van der Waals surface area contributed by atoms with Gasteiger partial charge < -0.3 is 0 Å². The summed E-state index contributed by atoms with van der Waals surface area (Å²) in [6.07, 6.45) is 0. The Bertz CT molecular complexity index is 611. The van der Waals surface area contributed by atoms with E-state index < -0.39 is 10.0 Å². The van der Waals surface area contributed by atoms with Crippen molar-refractivity contribution in [2.45, 2.75) is 4.90 Å². The summed E-state index contributed by atoms with van der Waals surface area (Å²) >= 11 is 2.78. The van der Waals surface area contributed by atoms with Gasteiger partial charge in [-0.15, -0.1) is 3.75 Å². The zero-order valence-corrected chi connectivity index (χ0v) is 11.2. The summed E-state index contributed by atoms with van der Waals surface area (Å²) in [5.74, 6) is 0. The van der Waals surface area contributed by atoms with Gasteiger partial charge in [0.2, 0.25) is 0 Å². The highest BCUT2D eigenvalue weighted by Gasteiger charge is 2.17. The molecule has 0 amide bonds. The van der Waals surface area contributed by atoms with Gasteiger partial charge >= 0.3 is 0 Å². The molecule has 0 spiro atoms. The van der Waals surface area contributed by atoms with Gasteiger partial charge in [-0.05, 0) is 11.6 Å². The lowest BCUT2D eigenvalue weighted by molar-refractivity contribution is 0.595. The Kier molecular flexibility index (Phi) is 3.61. The number of hydrogen-bond donors (Lipinski definition) is 1. The molecule has 0 fully saturated rings. The standard InChI is InChI=1S/C12H10BrNO2S/c13-14-17(15,16)12-9-5-4-8-11(12)10-6-2-1-3-7-10/h1-9,14H. The summed E-state index contributed by atoms with van der Waals surface area (Å²) < 4.78 is 25.8. The van der Waals surface area contributed by atoms with Gasteiger partial charge in [0, 0.05) is 21.7 Å². The molecule has 88 valence electrons. The van der Waals surface area contributed by atoms with E-state index in [1.807, 2.05) is 36.4 Å². The molecule has 0 atom stereocenters. The second-order valence-corrected chi connectivity index (χ2v) is 6.01. The van der Waals surface area contributed by atoms with E-state index in [9.17, 15) is 8.42 Å². The summed E-state index contributed by atoms with van der Waals surface area (Å²) in [5, 5.41) is 0. The van der Waals surface area contributed by atoms with E-state index in [-0.39, 0.29) is 4.90 Å². The predicted molar refractivity (Wildman–Crippen MR) is 71.1 cm³/mol. The summed E-state index contributed by atoms with van der Waals surface area (Å²) in [6, 6.07) is 16.3. The van der Waals surface area contributed by atoms with Crippen molar-refractivity contribution in [2.75, 3.05) is 0 Å². The molecule has 3 nitrogen and oxygen atoms in total. The van der Waals surface area contributed by atoms with Crippen molar-refractivity contribution in [3.8, 4) is 11.1 Å². The fourth-order valence-corrected chi connectivity index (χ4v) is 2.94. The zero-order valence-electron chi connectivity index (χ0n) is 8.80. The Morgan fingerprint density at radius 2 is 1.47 bits per heavy atom. The van der Waals surface area contributed by atoms with Gasteiger partial charge in [0.15, 0.2) is 0 Å². The molecule has 0 saturated carbocycles. The fourth-order valence-electron chi connectivity index (χ4n) is 1.60. The third kappa shape index (κ3) is 2.57. The third-order valence-electron chi connectivity index (χ3n) is 2.36. The maximum atomic E-state index is 11.8. The number of sulfonamides is 1. The van der Waals surface area contributed by atoms with Crippen molar-refractivity contribution >= 4 is 26.2 Å². The molecule has 0 aliphatic carbocycles. The van der Waals surface area contributed by atoms with Crippen molar-refractivity contribution in [1.29, 1.82) is 0 Å². The van der Waals surface area contributed by atoms with Crippen LogP contribution in [0.3, 0.4) is 0 Å². The Morgan fingerprint density at radius 1 is 0.882 bits per heavy atom. The Morgan fingerprint density at radius 3 is 2.12 bits per heavy atom. The minimum absolute atomic E-state index is 0.253. The van der Waals surface area contributed by atoms with Gasteiger partial charge in [-0.2, -0.15) is 0 Å². The maximum absolute atomic E-state index is 11.8. The summed E-state index contributed by atoms with van der Waals surface area (Å²) in [5.41, 5.74) is 1.55. The number of hydrogen-bond acceptors (Lipinski definition) is 2. The topological polar surface area (TPSA) is 46.2 Å². The highest BCUT2D eigenvalue weighted by atomic mass is 79.9. The second kappa shape index (κ2) is 5.00. The van der Waals surface area contributed by atoms with Gasteiger partial charge in [0.05, 0.1) is 4.90 Å². The summed E-state index contributed by atoms with van der Waals surface area (Å²) in [4.78, 5) is 0.253. The number of nitrogens with one attached hydrogen (secondary N) is 1. The first-order valence-corrected chi connectivity index (χ1v) is 7.19. The molecule has 5 heteroatoms. The Balaban J connectivity index is 2.65. The van der Waals surface area contributed by atoms with Crippen LogP contribution in [-0.2, 0) is 10.0 Å². The largest absolute Gasteiger partial charge is 0.250 e. The molecule has 0 aliphatic rings. The molecule has 0 saturated heterocycles. The average Bonchev–Trinajstić information content (AvgIpc) is 2.40. The first kappa shape index (κ1) is 12.3. The smallest absolute Gasteiger partial charge is 0.206 e. The van der Waals surface area contributed by atoms with Crippen molar-refractivity contribution in [3.05, 3.63) is 54.6 Å². The molecule has 0 unspecified atom stereocenters. The lowest BCUT2D eigenvalue weighted by Crippen LogP contribution is -2.13. The molecule has 2 aromatic carbocycles. The summed E-state index contributed by atoms with van der Waals surface area (Å²) in [6.45, 7) is 0. The minimum atomic E-state index is -3.51. The Hall–Kier alpha value is -1.17. The van der Waals surface area contributed by atoms with Crippen LogP contribution in [0.1, 0.15) is 0 Å². The molecule has 0 bridgehead atoms. The van der Waals surface area contributed by atoms with Crippen molar-refractivity contribution in [3.63, 3.8) is 0 Å². The van der Waals surface area contributed by atoms with E-state index in [0.717, 1.165) is 5.56 Å². The van der Waals surface area contributed by atoms with Gasteiger partial charge in [-0.1, -0.05) is 48.5 Å². The third-order valence-corrected chi connectivity index (χ3v) is 4.78. The quantitative estimate of drug-likeness (QED) is 0.886. The van der Waals surface area contributed by atoms with E-state index in [2.05, 4.69) is 19.9 Å². The fraction of sp³-hybridized carbons (Fsp3) is 0. The first-order valence-electron chi connectivity index (χ1n) is 4.92. The normalized spacial score (nSPS) is 11.4. The van der Waals surface area contributed by atoms with Crippen LogP contribution < -0.4 is 3.75 Å². The molecular formula is C12H10BrNO2S. The average molecular weight is 312 g/mol. The van der Waals surface area contributed by atoms with E-state index in [0.29, 0.717) is 5.56 Å². The van der Waals surface area contributed by atoms with E-state index >= 15 is 0 Å². The van der Waals surface area contributed by atoms with E-state index in [4.69, 9.17) is 0 Å². The molecule has 1 N–H and O–H groups in total. The second-order valence-electron chi connectivity index (χ2n) is 3.44. The lowest BCUT2D eigenvalue weighted by atomic mass is 10.1. The van der Waals surface area contributed by atoms with Crippen LogP contribution in [0, 0.1) is 0 Å². The van der Waals surface area contributed by atoms with Crippen LogP contribution in [0.4, 0.5) is 0 Å². The van der Waals surface area contributed by atoms with Crippen LogP contribution in [0.15, 0.2) is 59.5 Å². The van der Waals surface area contributed by atoms with Gasteiger partial charge in [-0.25, -0.2) is 8.42 Å². The predicted octanol–water partition coefficient (Wildman–Crippen LogP) is 2.94. The van der Waals surface area contributed by atoms with Crippen LogP contribution in [0.2, 0.25) is 0 Å². The number of benzene rings is 2. The highest BCUT2D eigenvalue weighted by Crippen LogP contribution is 2.26. The minimum Gasteiger partial charge on any atom is -0.206 e. The molecule has 2 aromatic rings. The van der Waals surface area contributed by atoms with E-state index in [1.54, 1.807) is 18.2 Å². The molecule has 0 heterocycles. The monoisotopic (exact) mass is 311 g/mol. The van der Waals surface area contributed by atoms with Gasteiger partial charge in [0.1, 0.15) is 0 Å². The van der Waals surface area contributed by atoms with Crippen LogP contribution >= 0.6 is 16.1 Å². The highest BCUT2D eigenvalue weighted by molar-refractivity contribution is 9.09. The van der Waals surface area contributed by atoms with Crippen LogP contribution in [0.5, 0.6) is 0 Å². The van der Waals surface area contributed by atoms with Crippen molar-refractivity contribution in [2.24, 2.45) is 0 Å². The summed E-state index contributed by atoms with van der Waals surface area (Å²) in [7, 11) is -3.51. The molecular weight excluding hydrogens is 302 g/mol. The van der Waals surface area contributed by atoms with Gasteiger partial charge in [0.25, 0.3) is 10.0 Å². The van der Waals surface area contributed by atoms with Crippen LogP contribution in [-0.4, -0.2) is 8.42 Å². The van der Waals surface area contributed by atoms with Crippen molar-refractivity contribution in [1.82, 2.24) is 3.75 Å². The number of rotatable bonds is 3. The zero-order chi connectivity index (χ0) is 12.3. The lowest BCUT2D eigenvalue weighted by Gasteiger charge is -2.08.